The van der Waals surface area contributed by atoms with Crippen LogP contribution < -0.4 is 5.46 Å². The normalized spacial score (nSPS) is 25.6. The van der Waals surface area contributed by atoms with Crippen molar-refractivity contribution in [1.29, 1.82) is 0 Å². The van der Waals surface area contributed by atoms with Crippen molar-refractivity contribution >= 4 is 18.4 Å². The Bertz CT molecular complexity index is 352. The van der Waals surface area contributed by atoms with Gasteiger partial charge in [0.05, 0.1) is 6.10 Å². The Kier molecular flexibility index (Phi) is 2.89. The van der Waals surface area contributed by atoms with Gasteiger partial charge in [-0.3, -0.25) is 4.79 Å². The zero-order chi connectivity index (χ0) is 10.8. The molecule has 1 aromatic carbocycles. The highest BCUT2D eigenvalue weighted by atomic mass is 16.7. The molecule has 0 saturated carbocycles. The van der Waals surface area contributed by atoms with Gasteiger partial charge in [-0.1, -0.05) is 30.3 Å². The van der Waals surface area contributed by atoms with Crippen LogP contribution in [0.3, 0.4) is 0 Å². The third-order valence-corrected chi connectivity index (χ3v) is 2.51. The molecule has 1 aromatic rings. The van der Waals surface area contributed by atoms with E-state index in [1.165, 1.54) is 6.92 Å². The standard InChI is InChI=1S/C11H13BO3/c1-8(13)11-9(2)14-12(15-11)10-6-4-3-5-7-10/h3-7,9,11H,1-2H3/t9-,11-/m1/s1. The molecule has 0 aromatic heterocycles. The number of hydrogen-bond acceptors (Lipinski definition) is 3. The van der Waals surface area contributed by atoms with Crippen molar-refractivity contribution < 1.29 is 14.1 Å². The van der Waals surface area contributed by atoms with Gasteiger partial charge in [0.15, 0.2) is 5.78 Å². The van der Waals surface area contributed by atoms with Crippen LogP contribution in [0.5, 0.6) is 0 Å². The van der Waals surface area contributed by atoms with Crippen LogP contribution in [0.15, 0.2) is 30.3 Å². The van der Waals surface area contributed by atoms with Crippen LogP contribution in [0.1, 0.15) is 13.8 Å². The maximum atomic E-state index is 11.2. The topological polar surface area (TPSA) is 35.5 Å². The monoisotopic (exact) mass is 204 g/mol. The summed E-state index contributed by atoms with van der Waals surface area (Å²) in [4.78, 5) is 11.2. The van der Waals surface area contributed by atoms with Crippen molar-refractivity contribution in [3.05, 3.63) is 30.3 Å². The molecule has 0 aliphatic carbocycles. The van der Waals surface area contributed by atoms with Gasteiger partial charge in [0.25, 0.3) is 0 Å². The summed E-state index contributed by atoms with van der Waals surface area (Å²) < 4.78 is 11.1. The lowest BCUT2D eigenvalue weighted by Crippen LogP contribution is -2.33. The zero-order valence-electron chi connectivity index (χ0n) is 8.84. The molecule has 0 radical (unpaired) electrons. The first-order valence-corrected chi connectivity index (χ1v) is 5.05. The van der Waals surface area contributed by atoms with Crippen LogP contribution >= 0.6 is 0 Å². The molecule has 0 unspecified atom stereocenters. The second kappa shape index (κ2) is 4.17. The van der Waals surface area contributed by atoms with Crippen LogP contribution in [0.4, 0.5) is 0 Å². The summed E-state index contributed by atoms with van der Waals surface area (Å²) >= 11 is 0. The van der Waals surface area contributed by atoms with Gasteiger partial charge in [0.2, 0.25) is 0 Å². The lowest BCUT2D eigenvalue weighted by molar-refractivity contribution is -0.124. The fourth-order valence-electron chi connectivity index (χ4n) is 1.74. The molecule has 0 amide bonds. The quantitative estimate of drug-likeness (QED) is 0.667. The summed E-state index contributed by atoms with van der Waals surface area (Å²) in [6.07, 6.45) is -0.608. The first-order valence-electron chi connectivity index (χ1n) is 5.05. The highest BCUT2D eigenvalue weighted by molar-refractivity contribution is 6.62. The van der Waals surface area contributed by atoms with Crippen molar-refractivity contribution in [2.75, 3.05) is 0 Å². The SMILES string of the molecule is CC(=O)[C@H]1OB(c2ccccc2)O[C@@H]1C. The number of carbonyl (C=O) groups is 1. The van der Waals surface area contributed by atoms with Crippen molar-refractivity contribution in [1.82, 2.24) is 0 Å². The van der Waals surface area contributed by atoms with E-state index >= 15 is 0 Å². The van der Waals surface area contributed by atoms with Crippen molar-refractivity contribution in [3.63, 3.8) is 0 Å². The fraction of sp³-hybridized carbons (Fsp3) is 0.364. The maximum absolute atomic E-state index is 11.2. The Labute approximate surface area is 89.5 Å². The Morgan fingerprint density at radius 2 is 1.93 bits per heavy atom. The molecule has 0 spiro atoms. The van der Waals surface area contributed by atoms with E-state index in [1.807, 2.05) is 37.3 Å². The molecule has 4 heteroatoms. The van der Waals surface area contributed by atoms with Crippen molar-refractivity contribution in [2.24, 2.45) is 0 Å². The van der Waals surface area contributed by atoms with Crippen LogP contribution in [0, 0.1) is 0 Å². The molecule has 1 heterocycles. The van der Waals surface area contributed by atoms with E-state index in [0.29, 0.717) is 0 Å². The molecule has 1 saturated heterocycles. The molecule has 15 heavy (non-hydrogen) atoms. The Morgan fingerprint density at radius 3 is 2.47 bits per heavy atom. The number of carbonyl (C=O) groups excluding carboxylic acids is 1. The first-order chi connectivity index (χ1) is 7.18. The Hall–Kier alpha value is -1.13. The minimum atomic E-state index is -0.435. The van der Waals surface area contributed by atoms with Crippen LogP contribution in [0.2, 0.25) is 0 Å². The third-order valence-electron chi connectivity index (χ3n) is 2.51. The van der Waals surface area contributed by atoms with Gasteiger partial charge in [-0.15, -0.1) is 0 Å². The van der Waals surface area contributed by atoms with E-state index < -0.39 is 13.2 Å². The first kappa shape index (κ1) is 10.4. The van der Waals surface area contributed by atoms with Gasteiger partial charge < -0.3 is 9.31 Å². The molecule has 1 aliphatic heterocycles. The summed E-state index contributed by atoms with van der Waals surface area (Å²) in [5.74, 6) is 0.0148. The van der Waals surface area contributed by atoms with Gasteiger partial charge in [-0.25, -0.2) is 0 Å². The van der Waals surface area contributed by atoms with Gasteiger partial charge in [0, 0.05) is 0 Å². The fourth-order valence-corrected chi connectivity index (χ4v) is 1.74. The predicted molar refractivity (Wildman–Crippen MR) is 57.9 cm³/mol. The van der Waals surface area contributed by atoms with E-state index in [2.05, 4.69) is 0 Å². The summed E-state index contributed by atoms with van der Waals surface area (Å²) in [6, 6.07) is 9.64. The molecule has 1 aliphatic rings. The Balaban J connectivity index is 2.13. The summed E-state index contributed by atoms with van der Waals surface area (Å²) in [5, 5.41) is 0. The van der Waals surface area contributed by atoms with E-state index in [1.54, 1.807) is 0 Å². The summed E-state index contributed by atoms with van der Waals surface area (Å²) in [5.41, 5.74) is 0.952. The maximum Gasteiger partial charge on any atom is 0.494 e. The molecular weight excluding hydrogens is 191 g/mol. The van der Waals surface area contributed by atoms with Crippen LogP contribution in [-0.4, -0.2) is 25.1 Å². The molecule has 2 atom stereocenters. The van der Waals surface area contributed by atoms with E-state index in [-0.39, 0.29) is 11.9 Å². The smallest absolute Gasteiger partial charge is 0.402 e. The minimum absolute atomic E-state index is 0.0148. The number of Topliss-reactive ketones (excluding diaryl/α,β-unsaturated/α-hetero) is 1. The second-order valence-corrected chi connectivity index (χ2v) is 3.75. The molecule has 2 rings (SSSR count). The predicted octanol–water partition coefficient (Wildman–Crippen LogP) is 0.775. The summed E-state index contributed by atoms with van der Waals surface area (Å²) in [7, 11) is -0.407. The van der Waals surface area contributed by atoms with Crippen molar-refractivity contribution in [2.45, 2.75) is 26.1 Å². The molecule has 0 bridgehead atoms. The van der Waals surface area contributed by atoms with Crippen LogP contribution in [0.25, 0.3) is 0 Å². The molecule has 1 fully saturated rings. The summed E-state index contributed by atoms with van der Waals surface area (Å²) in [6.45, 7) is 3.38. The zero-order valence-corrected chi connectivity index (χ0v) is 8.84. The molecule has 78 valence electrons. The lowest BCUT2D eigenvalue weighted by atomic mass is 9.79. The average Bonchev–Trinajstić information content (AvgIpc) is 2.62. The lowest BCUT2D eigenvalue weighted by Gasteiger charge is -2.08. The van der Waals surface area contributed by atoms with Crippen LogP contribution in [-0.2, 0) is 14.1 Å². The largest absolute Gasteiger partial charge is 0.494 e. The number of rotatable bonds is 2. The number of benzene rings is 1. The average molecular weight is 204 g/mol. The molecule has 0 N–H and O–H groups in total. The number of hydrogen-bond donors (Lipinski definition) is 0. The minimum Gasteiger partial charge on any atom is -0.402 e. The van der Waals surface area contributed by atoms with Gasteiger partial charge in [0.1, 0.15) is 6.10 Å². The van der Waals surface area contributed by atoms with E-state index in [4.69, 9.17) is 9.31 Å². The molecule has 3 nitrogen and oxygen atoms in total. The Morgan fingerprint density at radius 1 is 1.27 bits per heavy atom. The van der Waals surface area contributed by atoms with Gasteiger partial charge >= 0.3 is 7.12 Å². The van der Waals surface area contributed by atoms with E-state index in [0.717, 1.165) is 5.46 Å². The highest BCUT2D eigenvalue weighted by Gasteiger charge is 2.40. The highest BCUT2D eigenvalue weighted by Crippen LogP contribution is 2.16. The van der Waals surface area contributed by atoms with Gasteiger partial charge in [-0.2, -0.15) is 0 Å². The molecular formula is C11H13BO3. The number of ketones is 1. The van der Waals surface area contributed by atoms with Crippen molar-refractivity contribution in [3.8, 4) is 0 Å². The van der Waals surface area contributed by atoms with E-state index in [9.17, 15) is 4.79 Å². The second-order valence-electron chi connectivity index (χ2n) is 3.75. The van der Waals surface area contributed by atoms with Gasteiger partial charge in [-0.05, 0) is 19.3 Å². The third kappa shape index (κ3) is 2.11.